The van der Waals surface area contributed by atoms with Gasteiger partial charge in [-0.25, -0.2) is 0 Å². The van der Waals surface area contributed by atoms with Crippen molar-refractivity contribution in [3.8, 4) is 0 Å². The highest BCUT2D eigenvalue weighted by Crippen LogP contribution is 2.33. The summed E-state index contributed by atoms with van der Waals surface area (Å²) in [6.07, 6.45) is 3.74. The zero-order valence-corrected chi connectivity index (χ0v) is 14.4. The molecule has 3 atom stereocenters. The lowest BCUT2D eigenvalue weighted by atomic mass is 9.82. The molecule has 0 spiro atoms. The predicted molar refractivity (Wildman–Crippen MR) is 91.6 cm³/mol. The first-order valence-electron chi connectivity index (χ1n) is 8.57. The summed E-state index contributed by atoms with van der Waals surface area (Å²) < 4.78 is 0. The molecule has 1 aromatic rings. The van der Waals surface area contributed by atoms with Crippen molar-refractivity contribution >= 4 is 0 Å². The smallest absolute Gasteiger partial charge is 0.0480 e. The molecule has 118 valence electrons. The molecule has 0 aromatic heterocycles. The van der Waals surface area contributed by atoms with E-state index < -0.39 is 0 Å². The van der Waals surface area contributed by atoms with Gasteiger partial charge in [0.1, 0.15) is 0 Å². The van der Waals surface area contributed by atoms with Crippen LogP contribution in [0.1, 0.15) is 57.7 Å². The molecule has 1 N–H and O–H groups in total. The maximum absolute atomic E-state index is 3.74. The summed E-state index contributed by atoms with van der Waals surface area (Å²) in [5.41, 5.74) is 3.05. The summed E-state index contributed by atoms with van der Waals surface area (Å²) in [5.74, 6) is 0.760. The number of nitrogens with one attached hydrogen (secondary N) is 1. The van der Waals surface area contributed by atoms with E-state index in [0.717, 1.165) is 12.5 Å². The van der Waals surface area contributed by atoms with Crippen LogP contribution in [0.5, 0.6) is 0 Å². The van der Waals surface area contributed by atoms with Gasteiger partial charge in [-0.1, -0.05) is 45.0 Å². The van der Waals surface area contributed by atoms with Crippen molar-refractivity contribution in [1.82, 2.24) is 10.2 Å². The standard InChI is InChI=1S/C19H32N2/c1-6-20-19-17-10-8-7-9-16(17)11-12-18(19)21(5)15(4)13-14(2)3/h7-10,14-15,18-20H,6,11-13H2,1-5H3. The van der Waals surface area contributed by atoms with Gasteiger partial charge in [-0.15, -0.1) is 0 Å². The van der Waals surface area contributed by atoms with Gasteiger partial charge in [0.05, 0.1) is 0 Å². The van der Waals surface area contributed by atoms with E-state index in [4.69, 9.17) is 0 Å². The van der Waals surface area contributed by atoms with Crippen LogP contribution in [0, 0.1) is 5.92 Å². The van der Waals surface area contributed by atoms with Gasteiger partial charge in [0.15, 0.2) is 0 Å². The summed E-state index contributed by atoms with van der Waals surface area (Å²) in [4.78, 5) is 2.61. The van der Waals surface area contributed by atoms with Gasteiger partial charge in [0, 0.05) is 18.1 Å². The minimum Gasteiger partial charge on any atom is -0.309 e. The summed E-state index contributed by atoms with van der Waals surface area (Å²) in [5, 5.41) is 3.74. The fraction of sp³-hybridized carbons (Fsp3) is 0.684. The Kier molecular flexibility index (Phi) is 5.83. The topological polar surface area (TPSA) is 15.3 Å². The molecule has 0 bridgehead atoms. The zero-order chi connectivity index (χ0) is 15.4. The molecule has 0 radical (unpaired) electrons. The lowest BCUT2D eigenvalue weighted by Gasteiger charge is -2.42. The minimum atomic E-state index is 0.472. The molecule has 1 aliphatic carbocycles. The Morgan fingerprint density at radius 1 is 1.24 bits per heavy atom. The Balaban J connectivity index is 2.19. The predicted octanol–water partition coefficient (Wildman–Crippen LogP) is 4.02. The molecule has 1 aromatic carbocycles. The van der Waals surface area contributed by atoms with Crippen LogP contribution in [0.25, 0.3) is 0 Å². The molecule has 2 heteroatoms. The van der Waals surface area contributed by atoms with E-state index in [9.17, 15) is 0 Å². The van der Waals surface area contributed by atoms with Crippen LogP contribution in [0.4, 0.5) is 0 Å². The number of nitrogens with zero attached hydrogens (tertiary/aromatic N) is 1. The number of rotatable bonds is 6. The molecule has 1 aliphatic rings. The lowest BCUT2D eigenvalue weighted by molar-refractivity contribution is 0.119. The third-order valence-corrected chi connectivity index (χ3v) is 4.94. The molecule has 21 heavy (non-hydrogen) atoms. The van der Waals surface area contributed by atoms with Crippen LogP contribution in [0.2, 0.25) is 0 Å². The van der Waals surface area contributed by atoms with E-state index in [0.29, 0.717) is 18.1 Å². The monoisotopic (exact) mass is 288 g/mol. The minimum absolute atomic E-state index is 0.472. The van der Waals surface area contributed by atoms with E-state index >= 15 is 0 Å². The third kappa shape index (κ3) is 3.87. The van der Waals surface area contributed by atoms with Crippen LogP contribution in [0.15, 0.2) is 24.3 Å². The molecule has 2 rings (SSSR count). The molecule has 0 saturated heterocycles. The summed E-state index contributed by atoms with van der Waals surface area (Å²) in [6, 6.07) is 10.7. The highest BCUT2D eigenvalue weighted by atomic mass is 15.2. The van der Waals surface area contributed by atoms with Gasteiger partial charge >= 0.3 is 0 Å². The van der Waals surface area contributed by atoms with Crippen LogP contribution in [0.3, 0.4) is 0 Å². The van der Waals surface area contributed by atoms with Crippen LogP contribution in [-0.4, -0.2) is 30.6 Å². The van der Waals surface area contributed by atoms with Crippen LogP contribution in [-0.2, 0) is 6.42 Å². The Morgan fingerprint density at radius 2 is 1.95 bits per heavy atom. The Labute approximate surface area is 130 Å². The van der Waals surface area contributed by atoms with E-state index in [-0.39, 0.29) is 0 Å². The van der Waals surface area contributed by atoms with Crippen molar-refractivity contribution < 1.29 is 0 Å². The lowest BCUT2D eigenvalue weighted by Crippen LogP contribution is -2.49. The number of likely N-dealkylation sites (N-methyl/N-ethyl adjacent to an activating group) is 2. The number of benzene rings is 1. The van der Waals surface area contributed by atoms with Crippen molar-refractivity contribution in [1.29, 1.82) is 0 Å². The van der Waals surface area contributed by atoms with Gasteiger partial charge in [-0.3, -0.25) is 4.90 Å². The molecular formula is C19H32N2. The largest absolute Gasteiger partial charge is 0.309 e. The summed E-state index contributed by atoms with van der Waals surface area (Å²) >= 11 is 0. The second-order valence-electron chi connectivity index (χ2n) is 6.98. The average molecular weight is 288 g/mol. The molecule has 0 saturated carbocycles. The molecule has 0 fully saturated rings. The fourth-order valence-corrected chi connectivity index (χ4v) is 3.82. The van der Waals surface area contributed by atoms with Gasteiger partial charge in [0.2, 0.25) is 0 Å². The average Bonchev–Trinajstić information content (AvgIpc) is 2.46. The van der Waals surface area contributed by atoms with Crippen LogP contribution >= 0.6 is 0 Å². The Bertz CT molecular complexity index is 441. The first-order valence-corrected chi connectivity index (χ1v) is 8.57. The molecule has 0 aliphatic heterocycles. The maximum Gasteiger partial charge on any atom is 0.0480 e. The SMILES string of the molecule is CCNC1c2ccccc2CCC1N(C)C(C)CC(C)C. The van der Waals surface area contributed by atoms with Crippen LogP contribution < -0.4 is 5.32 Å². The first kappa shape index (κ1) is 16.5. The number of fused-ring (bicyclic) bond motifs is 1. The second-order valence-corrected chi connectivity index (χ2v) is 6.98. The van der Waals surface area contributed by atoms with Gasteiger partial charge in [-0.05, 0) is 56.8 Å². The Morgan fingerprint density at radius 3 is 2.62 bits per heavy atom. The Hall–Kier alpha value is -0.860. The highest BCUT2D eigenvalue weighted by molar-refractivity contribution is 5.34. The quantitative estimate of drug-likeness (QED) is 0.850. The number of aryl methyl sites for hydroxylation is 1. The van der Waals surface area contributed by atoms with Gasteiger partial charge < -0.3 is 5.32 Å². The van der Waals surface area contributed by atoms with Crippen molar-refractivity contribution in [3.05, 3.63) is 35.4 Å². The molecule has 3 unspecified atom stereocenters. The number of hydrogen-bond acceptors (Lipinski definition) is 2. The van der Waals surface area contributed by atoms with Gasteiger partial charge in [-0.2, -0.15) is 0 Å². The fourth-order valence-electron chi connectivity index (χ4n) is 3.82. The van der Waals surface area contributed by atoms with E-state index in [2.05, 4.69) is 69.2 Å². The van der Waals surface area contributed by atoms with Crippen molar-refractivity contribution in [2.75, 3.05) is 13.6 Å². The van der Waals surface area contributed by atoms with Gasteiger partial charge in [0.25, 0.3) is 0 Å². The number of hydrogen-bond donors (Lipinski definition) is 1. The zero-order valence-electron chi connectivity index (χ0n) is 14.4. The molecular weight excluding hydrogens is 256 g/mol. The molecule has 0 amide bonds. The second kappa shape index (κ2) is 7.42. The first-order chi connectivity index (χ1) is 10.0. The van der Waals surface area contributed by atoms with Crippen molar-refractivity contribution in [3.63, 3.8) is 0 Å². The van der Waals surface area contributed by atoms with Crippen molar-refractivity contribution in [2.45, 2.75) is 65.1 Å². The summed E-state index contributed by atoms with van der Waals surface area (Å²) in [7, 11) is 2.32. The summed E-state index contributed by atoms with van der Waals surface area (Å²) in [6.45, 7) is 10.3. The van der Waals surface area contributed by atoms with E-state index in [1.165, 1.54) is 30.4 Å². The van der Waals surface area contributed by atoms with Crippen molar-refractivity contribution in [2.24, 2.45) is 5.92 Å². The third-order valence-electron chi connectivity index (χ3n) is 4.94. The maximum atomic E-state index is 3.74. The van der Waals surface area contributed by atoms with E-state index in [1.807, 2.05) is 0 Å². The highest BCUT2D eigenvalue weighted by Gasteiger charge is 2.33. The normalized spacial score (nSPS) is 23.4. The van der Waals surface area contributed by atoms with E-state index in [1.54, 1.807) is 0 Å². The molecule has 0 heterocycles. The molecule has 2 nitrogen and oxygen atoms in total.